The smallest absolute Gasteiger partial charge is 0.125 e. The van der Waals surface area contributed by atoms with E-state index in [1.165, 1.54) is 30.3 Å². The molecule has 0 aliphatic heterocycles. The van der Waals surface area contributed by atoms with Crippen LogP contribution in [0.3, 0.4) is 0 Å². The van der Waals surface area contributed by atoms with Crippen molar-refractivity contribution in [2.75, 3.05) is 11.9 Å². The number of anilines is 1. The average Bonchev–Trinajstić information content (AvgIpc) is 2.38. The van der Waals surface area contributed by atoms with E-state index in [-0.39, 0.29) is 17.4 Å². The summed E-state index contributed by atoms with van der Waals surface area (Å²) in [7, 11) is 0. The van der Waals surface area contributed by atoms with Gasteiger partial charge in [0.15, 0.2) is 0 Å². The molecule has 0 amide bonds. The lowest BCUT2D eigenvalue weighted by Gasteiger charge is -2.31. The van der Waals surface area contributed by atoms with Crippen LogP contribution in [-0.4, -0.2) is 11.7 Å². The zero-order valence-electron chi connectivity index (χ0n) is 10.8. The van der Waals surface area contributed by atoms with Crippen molar-refractivity contribution < 1.29 is 13.9 Å². The zero-order valence-corrected chi connectivity index (χ0v) is 11.6. The van der Waals surface area contributed by atoms with E-state index < -0.39 is 11.4 Å². The van der Waals surface area contributed by atoms with Crippen LogP contribution in [-0.2, 0) is 5.54 Å². The van der Waals surface area contributed by atoms with Crippen LogP contribution in [0, 0.1) is 11.6 Å². The molecule has 0 aliphatic rings. The Morgan fingerprint density at radius 3 is 2.45 bits per heavy atom. The minimum absolute atomic E-state index is 0.199. The number of aliphatic hydroxyl groups is 1. The van der Waals surface area contributed by atoms with Gasteiger partial charge in [0, 0.05) is 10.7 Å². The van der Waals surface area contributed by atoms with Gasteiger partial charge in [-0.2, -0.15) is 0 Å². The van der Waals surface area contributed by atoms with Crippen LogP contribution in [0.25, 0.3) is 0 Å². The van der Waals surface area contributed by atoms with Crippen LogP contribution in [0.4, 0.5) is 14.5 Å². The zero-order chi connectivity index (χ0) is 14.8. The molecule has 0 fully saturated rings. The number of aliphatic hydroxyl groups excluding tert-OH is 1. The number of benzene rings is 2. The molecule has 2 aromatic rings. The van der Waals surface area contributed by atoms with Crippen molar-refractivity contribution >= 4 is 17.3 Å². The predicted molar refractivity (Wildman–Crippen MR) is 75.9 cm³/mol. The summed E-state index contributed by atoms with van der Waals surface area (Å²) in [5, 5.41) is 12.9. The van der Waals surface area contributed by atoms with Crippen molar-refractivity contribution in [3.63, 3.8) is 0 Å². The minimum Gasteiger partial charge on any atom is -0.394 e. The van der Waals surface area contributed by atoms with E-state index in [0.717, 1.165) is 0 Å². The second-order valence-corrected chi connectivity index (χ2v) is 5.16. The fraction of sp³-hybridized carbons (Fsp3) is 0.200. The van der Waals surface area contributed by atoms with Crippen LogP contribution in [0.2, 0.25) is 5.02 Å². The summed E-state index contributed by atoms with van der Waals surface area (Å²) in [6.45, 7) is 1.42. The summed E-state index contributed by atoms with van der Waals surface area (Å²) in [5.41, 5.74) is 0.0905. The second-order valence-electron chi connectivity index (χ2n) is 4.75. The number of halogens is 3. The van der Waals surface area contributed by atoms with Gasteiger partial charge in [-0.05, 0) is 42.8 Å². The maximum absolute atomic E-state index is 13.2. The lowest BCUT2D eigenvalue weighted by atomic mass is 9.92. The molecular weight excluding hydrogens is 284 g/mol. The second kappa shape index (κ2) is 5.77. The molecule has 2 N–H and O–H groups in total. The van der Waals surface area contributed by atoms with Crippen LogP contribution in [0.1, 0.15) is 12.5 Å². The van der Waals surface area contributed by atoms with Crippen LogP contribution in [0.15, 0.2) is 42.5 Å². The first-order valence-corrected chi connectivity index (χ1v) is 6.42. The monoisotopic (exact) mass is 297 g/mol. The Morgan fingerprint density at radius 2 is 1.85 bits per heavy atom. The molecule has 0 spiro atoms. The van der Waals surface area contributed by atoms with Crippen LogP contribution in [0.5, 0.6) is 0 Å². The lowest BCUT2D eigenvalue weighted by molar-refractivity contribution is 0.224. The summed E-state index contributed by atoms with van der Waals surface area (Å²) in [6.07, 6.45) is 0. The number of hydrogen-bond donors (Lipinski definition) is 2. The molecule has 5 heteroatoms. The summed E-state index contributed by atoms with van der Waals surface area (Å²) in [6, 6.07) is 9.81. The van der Waals surface area contributed by atoms with Gasteiger partial charge >= 0.3 is 0 Å². The fourth-order valence-electron chi connectivity index (χ4n) is 2.01. The molecule has 20 heavy (non-hydrogen) atoms. The topological polar surface area (TPSA) is 32.3 Å². The van der Waals surface area contributed by atoms with E-state index in [1.54, 1.807) is 19.1 Å². The predicted octanol–water partition coefficient (Wildman–Crippen LogP) is 3.94. The molecule has 106 valence electrons. The van der Waals surface area contributed by atoms with E-state index >= 15 is 0 Å². The van der Waals surface area contributed by atoms with Crippen molar-refractivity contribution in [1.29, 1.82) is 0 Å². The number of hydrogen-bond acceptors (Lipinski definition) is 2. The molecule has 1 atom stereocenters. The first-order chi connectivity index (χ1) is 9.44. The Labute approximate surface area is 121 Å². The molecule has 0 aliphatic carbocycles. The van der Waals surface area contributed by atoms with Crippen molar-refractivity contribution in [1.82, 2.24) is 0 Å². The quantitative estimate of drug-likeness (QED) is 0.896. The lowest BCUT2D eigenvalue weighted by Crippen LogP contribution is -2.36. The fourth-order valence-corrected chi connectivity index (χ4v) is 2.39. The molecule has 1 unspecified atom stereocenters. The van der Waals surface area contributed by atoms with E-state index in [2.05, 4.69) is 5.32 Å². The van der Waals surface area contributed by atoms with Gasteiger partial charge in [0.05, 0.1) is 12.1 Å². The van der Waals surface area contributed by atoms with Crippen LogP contribution < -0.4 is 5.32 Å². The molecule has 0 saturated carbocycles. The molecule has 2 rings (SSSR count). The van der Waals surface area contributed by atoms with Crippen molar-refractivity contribution in [3.8, 4) is 0 Å². The number of nitrogens with one attached hydrogen (secondary N) is 1. The summed E-state index contributed by atoms with van der Waals surface area (Å²) in [4.78, 5) is 0. The first kappa shape index (κ1) is 14.8. The maximum atomic E-state index is 13.2. The molecule has 0 saturated heterocycles. The Kier molecular flexibility index (Phi) is 4.26. The molecule has 2 aromatic carbocycles. The standard InChI is InChI=1S/C15H14ClF2NO/c1-15(9-20,13-6-5-11(18)8-14(13)16)19-12-4-2-3-10(17)7-12/h2-8,19-20H,9H2,1H3. The van der Waals surface area contributed by atoms with Gasteiger partial charge in [-0.15, -0.1) is 0 Å². The highest BCUT2D eigenvalue weighted by Gasteiger charge is 2.28. The highest BCUT2D eigenvalue weighted by Crippen LogP contribution is 2.31. The third-order valence-corrected chi connectivity index (χ3v) is 3.40. The molecular formula is C15H14ClF2NO. The van der Waals surface area contributed by atoms with Crippen molar-refractivity contribution in [3.05, 3.63) is 64.7 Å². The maximum Gasteiger partial charge on any atom is 0.125 e. The van der Waals surface area contributed by atoms with Gasteiger partial charge in [-0.25, -0.2) is 8.78 Å². The molecule has 0 bridgehead atoms. The highest BCUT2D eigenvalue weighted by molar-refractivity contribution is 6.31. The van der Waals surface area contributed by atoms with Gasteiger partial charge in [0.25, 0.3) is 0 Å². The Bertz CT molecular complexity index is 621. The van der Waals surface area contributed by atoms with Gasteiger partial charge in [0.1, 0.15) is 11.6 Å². The third kappa shape index (κ3) is 3.08. The van der Waals surface area contributed by atoms with Crippen LogP contribution >= 0.6 is 11.6 Å². The molecule has 2 nitrogen and oxygen atoms in total. The normalized spacial score (nSPS) is 13.8. The van der Waals surface area contributed by atoms with E-state index in [4.69, 9.17) is 11.6 Å². The van der Waals surface area contributed by atoms with E-state index in [1.807, 2.05) is 0 Å². The average molecular weight is 298 g/mol. The molecule has 0 heterocycles. The van der Waals surface area contributed by atoms with Gasteiger partial charge in [-0.3, -0.25) is 0 Å². The Hall–Kier alpha value is -1.65. The van der Waals surface area contributed by atoms with Crippen molar-refractivity contribution in [2.24, 2.45) is 0 Å². The third-order valence-electron chi connectivity index (χ3n) is 3.09. The van der Waals surface area contributed by atoms with Crippen molar-refractivity contribution in [2.45, 2.75) is 12.5 Å². The Morgan fingerprint density at radius 1 is 1.15 bits per heavy atom. The largest absolute Gasteiger partial charge is 0.394 e. The van der Waals surface area contributed by atoms with Gasteiger partial charge < -0.3 is 10.4 Å². The first-order valence-electron chi connectivity index (χ1n) is 6.05. The van der Waals surface area contributed by atoms with Gasteiger partial charge in [0.2, 0.25) is 0 Å². The summed E-state index contributed by atoms with van der Waals surface area (Å²) >= 11 is 6.02. The molecule has 0 radical (unpaired) electrons. The SMILES string of the molecule is CC(CO)(Nc1cccc(F)c1)c1ccc(F)cc1Cl. The summed E-state index contributed by atoms with van der Waals surface area (Å²) in [5.74, 6) is -0.842. The Balaban J connectivity index is 2.38. The van der Waals surface area contributed by atoms with Gasteiger partial charge in [-0.1, -0.05) is 23.7 Å². The highest BCUT2D eigenvalue weighted by atomic mass is 35.5. The summed E-state index contributed by atoms with van der Waals surface area (Å²) < 4.78 is 26.3. The number of rotatable bonds is 4. The van der Waals surface area contributed by atoms with E-state index in [9.17, 15) is 13.9 Å². The minimum atomic E-state index is -0.946. The molecule has 0 aromatic heterocycles. The van der Waals surface area contributed by atoms with E-state index in [0.29, 0.717) is 11.3 Å².